The predicted molar refractivity (Wildman–Crippen MR) is 81.3 cm³/mol. The third-order valence-corrected chi connectivity index (χ3v) is 4.19. The summed E-state index contributed by atoms with van der Waals surface area (Å²) in [7, 11) is 0. The lowest BCUT2D eigenvalue weighted by molar-refractivity contribution is -0.143. The Hall–Kier alpha value is -1.88. The number of rotatable bonds is 4. The molecule has 21 heavy (non-hydrogen) atoms. The van der Waals surface area contributed by atoms with Gasteiger partial charge in [-0.05, 0) is 56.0 Å². The number of carboxylic acids is 1. The van der Waals surface area contributed by atoms with Crippen molar-refractivity contribution in [2.75, 3.05) is 18.4 Å². The van der Waals surface area contributed by atoms with Crippen LogP contribution < -0.4 is 5.32 Å². The molecule has 1 aliphatic heterocycles. The van der Waals surface area contributed by atoms with Crippen LogP contribution in [0.1, 0.15) is 24.5 Å². The summed E-state index contributed by atoms with van der Waals surface area (Å²) in [5.74, 6) is -0.936. The quantitative estimate of drug-likeness (QED) is 0.890. The number of carboxylic acid groups (broad SMARTS) is 1. The second kappa shape index (κ2) is 6.26. The molecule has 1 saturated heterocycles. The first kappa shape index (κ1) is 15.5. The summed E-state index contributed by atoms with van der Waals surface area (Å²) in [5, 5.41) is 12.1. The molecule has 0 aliphatic carbocycles. The minimum absolute atomic E-state index is 0.0805. The minimum Gasteiger partial charge on any atom is -0.480 e. The first-order chi connectivity index (χ1) is 9.88. The zero-order chi connectivity index (χ0) is 15.6. The lowest BCUT2D eigenvalue weighted by atomic mass is 10.0. The van der Waals surface area contributed by atoms with Gasteiger partial charge in [-0.2, -0.15) is 0 Å². The standard InChI is InChI=1S/C16H22N2O3/c1-10-4-5-13(8-12(10)3)17-14(19)9-18-7-6-11(2)15(18)16(20)21/h4-5,8,11,15H,6-7,9H2,1-3H3,(H,17,19)(H,20,21). The summed E-state index contributed by atoms with van der Waals surface area (Å²) >= 11 is 0. The molecular formula is C16H22N2O3. The Kier molecular flexibility index (Phi) is 4.63. The Morgan fingerprint density at radius 2 is 2.05 bits per heavy atom. The van der Waals surface area contributed by atoms with Crippen molar-refractivity contribution in [1.29, 1.82) is 0 Å². The lowest BCUT2D eigenvalue weighted by Crippen LogP contribution is -2.43. The molecule has 5 nitrogen and oxygen atoms in total. The molecule has 1 fully saturated rings. The van der Waals surface area contributed by atoms with E-state index in [0.717, 1.165) is 17.7 Å². The highest BCUT2D eigenvalue weighted by atomic mass is 16.4. The normalized spacial score (nSPS) is 22.2. The highest BCUT2D eigenvalue weighted by molar-refractivity contribution is 5.92. The zero-order valence-electron chi connectivity index (χ0n) is 12.7. The van der Waals surface area contributed by atoms with Gasteiger partial charge in [0.1, 0.15) is 6.04 Å². The second-order valence-corrected chi connectivity index (χ2v) is 5.87. The first-order valence-corrected chi connectivity index (χ1v) is 7.22. The van der Waals surface area contributed by atoms with Crippen molar-refractivity contribution in [2.24, 2.45) is 5.92 Å². The van der Waals surface area contributed by atoms with Gasteiger partial charge in [0.2, 0.25) is 5.91 Å². The number of amides is 1. The van der Waals surface area contributed by atoms with Gasteiger partial charge in [-0.3, -0.25) is 14.5 Å². The number of nitrogens with zero attached hydrogens (tertiary/aromatic N) is 1. The summed E-state index contributed by atoms with van der Waals surface area (Å²) < 4.78 is 0. The Labute approximate surface area is 125 Å². The van der Waals surface area contributed by atoms with Crippen molar-refractivity contribution < 1.29 is 14.7 Å². The van der Waals surface area contributed by atoms with E-state index in [1.54, 1.807) is 4.90 Å². The van der Waals surface area contributed by atoms with E-state index in [1.165, 1.54) is 5.56 Å². The van der Waals surface area contributed by atoms with Gasteiger partial charge in [0.25, 0.3) is 0 Å². The number of likely N-dealkylation sites (tertiary alicyclic amines) is 1. The fourth-order valence-corrected chi connectivity index (χ4v) is 2.81. The maximum absolute atomic E-state index is 12.1. The molecule has 5 heteroatoms. The predicted octanol–water partition coefficient (Wildman–Crippen LogP) is 2.04. The zero-order valence-corrected chi connectivity index (χ0v) is 12.7. The van der Waals surface area contributed by atoms with Gasteiger partial charge in [-0.15, -0.1) is 0 Å². The van der Waals surface area contributed by atoms with Crippen LogP contribution in [-0.4, -0.2) is 41.0 Å². The fraction of sp³-hybridized carbons (Fsp3) is 0.500. The number of hydrogen-bond acceptors (Lipinski definition) is 3. The lowest BCUT2D eigenvalue weighted by Gasteiger charge is -2.22. The van der Waals surface area contributed by atoms with Gasteiger partial charge >= 0.3 is 5.97 Å². The SMILES string of the molecule is Cc1ccc(NC(=O)CN2CCC(C)C2C(=O)O)cc1C. The maximum atomic E-state index is 12.1. The molecule has 1 aliphatic rings. The van der Waals surface area contributed by atoms with Crippen LogP contribution in [0, 0.1) is 19.8 Å². The van der Waals surface area contributed by atoms with E-state index in [1.807, 2.05) is 39.0 Å². The topological polar surface area (TPSA) is 69.6 Å². The molecule has 0 aromatic heterocycles. The van der Waals surface area contributed by atoms with Gasteiger partial charge in [0, 0.05) is 5.69 Å². The molecular weight excluding hydrogens is 268 g/mol. The smallest absolute Gasteiger partial charge is 0.321 e. The Morgan fingerprint density at radius 3 is 2.67 bits per heavy atom. The summed E-state index contributed by atoms with van der Waals surface area (Å²) in [4.78, 5) is 25.1. The highest BCUT2D eigenvalue weighted by Gasteiger charge is 2.37. The number of nitrogens with one attached hydrogen (secondary N) is 1. The third kappa shape index (κ3) is 3.61. The summed E-state index contributed by atoms with van der Waals surface area (Å²) in [6.45, 7) is 6.70. The molecule has 114 valence electrons. The number of benzene rings is 1. The van der Waals surface area contributed by atoms with Crippen molar-refractivity contribution >= 4 is 17.6 Å². The Morgan fingerprint density at radius 1 is 1.33 bits per heavy atom. The Balaban J connectivity index is 1.98. The maximum Gasteiger partial charge on any atom is 0.321 e. The molecule has 2 unspecified atom stereocenters. The highest BCUT2D eigenvalue weighted by Crippen LogP contribution is 2.24. The van der Waals surface area contributed by atoms with Crippen molar-refractivity contribution in [1.82, 2.24) is 4.90 Å². The summed E-state index contributed by atoms with van der Waals surface area (Å²) in [6, 6.07) is 5.19. The van der Waals surface area contributed by atoms with E-state index < -0.39 is 12.0 Å². The first-order valence-electron chi connectivity index (χ1n) is 7.22. The van der Waals surface area contributed by atoms with E-state index in [2.05, 4.69) is 5.32 Å². The van der Waals surface area contributed by atoms with E-state index >= 15 is 0 Å². The third-order valence-electron chi connectivity index (χ3n) is 4.19. The molecule has 0 bridgehead atoms. The summed E-state index contributed by atoms with van der Waals surface area (Å²) in [5.41, 5.74) is 3.04. The van der Waals surface area contributed by atoms with Crippen molar-refractivity contribution in [2.45, 2.75) is 33.2 Å². The van der Waals surface area contributed by atoms with E-state index in [9.17, 15) is 14.7 Å². The molecule has 0 radical (unpaired) electrons. The molecule has 2 atom stereocenters. The molecule has 2 rings (SSSR count). The van der Waals surface area contributed by atoms with Crippen LogP contribution in [0.3, 0.4) is 0 Å². The number of carbonyl (C=O) groups is 2. The van der Waals surface area contributed by atoms with Gasteiger partial charge in [-0.1, -0.05) is 13.0 Å². The van der Waals surface area contributed by atoms with E-state index in [0.29, 0.717) is 6.54 Å². The molecule has 1 amide bonds. The van der Waals surface area contributed by atoms with E-state index in [-0.39, 0.29) is 18.4 Å². The van der Waals surface area contributed by atoms with Crippen LogP contribution in [0.25, 0.3) is 0 Å². The minimum atomic E-state index is -0.848. The van der Waals surface area contributed by atoms with E-state index in [4.69, 9.17) is 0 Å². The van der Waals surface area contributed by atoms with Gasteiger partial charge < -0.3 is 10.4 Å². The average molecular weight is 290 g/mol. The Bertz CT molecular complexity index is 556. The number of aliphatic carboxylic acids is 1. The van der Waals surface area contributed by atoms with Crippen LogP contribution >= 0.6 is 0 Å². The number of anilines is 1. The van der Waals surface area contributed by atoms with Crippen molar-refractivity contribution in [3.05, 3.63) is 29.3 Å². The largest absolute Gasteiger partial charge is 0.480 e. The van der Waals surface area contributed by atoms with Crippen molar-refractivity contribution in [3.8, 4) is 0 Å². The van der Waals surface area contributed by atoms with Gasteiger partial charge in [-0.25, -0.2) is 0 Å². The number of carbonyl (C=O) groups excluding carboxylic acids is 1. The van der Waals surface area contributed by atoms with Crippen LogP contribution in [0.4, 0.5) is 5.69 Å². The molecule has 1 aromatic rings. The number of hydrogen-bond donors (Lipinski definition) is 2. The summed E-state index contributed by atoms with van der Waals surface area (Å²) in [6.07, 6.45) is 0.813. The van der Waals surface area contributed by atoms with Crippen molar-refractivity contribution in [3.63, 3.8) is 0 Å². The number of aryl methyl sites for hydroxylation is 2. The fourth-order valence-electron chi connectivity index (χ4n) is 2.81. The van der Waals surface area contributed by atoms with Gasteiger partial charge in [0.05, 0.1) is 6.54 Å². The molecule has 0 spiro atoms. The van der Waals surface area contributed by atoms with Crippen LogP contribution in [0.15, 0.2) is 18.2 Å². The van der Waals surface area contributed by atoms with Gasteiger partial charge in [0.15, 0.2) is 0 Å². The average Bonchev–Trinajstić information content (AvgIpc) is 2.75. The molecule has 0 saturated carbocycles. The molecule has 1 aromatic carbocycles. The van der Waals surface area contributed by atoms with Crippen LogP contribution in [0.5, 0.6) is 0 Å². The molecule has 1 heterocycles. The van der Waals surface area contributed by atoms with Crippen LogP contribution in [0.2, 0.25) is 0 Å². The monoisotopic (exact) mass is 290 g/mol. The van der Waals surface area contributed by atoms with Crippen LogP contribution in [-0.2, 0) is 9.59 Å². The second-order valence-electron chi connectivity index (χ2n) is 5.87. The molecule has 2 N–H and O–H groups in total.